The second-order valence-corrected chi connectivity index (χ2v) is 7.92. The highest BCUT2D eigenvalue weighted by atomic mass is 79.9. The second-order valence-electron chi connectivity index (χ2n) is 5.95. The van der Waals surface area contributed by atoms with Gasteiger partial charge >= 0.3 is 0 Å². The molecule has 0 aliphatic heterocycles. The molecule has 2 rings (SSSR count). The largest absolute Gasteiger partial charge is 0.320 e. The maximum absolute atomic E-state index is 6.40. The van der Waals surface area contributed by atoms with E-state index in [1.807, 2.05) is 11.3 Å². The Kier molecular flexibility index (Phi) is 4.19. The average molecular weight is 338 g/mol. The van der Waals surface area contributed by atoms with Crippen LogP contribution in [0.25, 0.3) is 0 Å². The first kappa shape index (κ1) is 14.8. The first-order chi connectivity index (χ1) is 8.79. The summed E-state index contributed by atoms with van der Waals surface area (Å²) < 4.78 is 1.09. The molecule has 0 bridgehead atoms. The van der Waals surface area contributed by atoms with Gasteiger partial charge in [-0.25, -0.2) is 0 Å². The number of hydrogen-bond donors (Lipinski definition) is 1. The van der Waals surface area contributed by atoms with Gasteiger partial charge in [0, 0.05) is 14.2 Å². The molecule has 0 saturated heterocycles. The molecular formula is C16H20BrNS. The molecular weight excluding hydrogens is 318 g/mol. The van der Waals surface area contributed by atoms with Crippen LogP contribution in [0.3, 0.4) is 0 Å². The molecule has 1 unspecified atom stereocenters. The first-order valence-electron chi connectivity index (χ1n) is 6.41. The molecule has 19 heavy (non-hydrogen) atoms. The zero-order valence-corrected chi connectivity index (χ0v) is 14.2. The Morgan fingerprint density at radius 3 is 2.37 bits per heavy atom. The van der Waals surface area contributed by atoms with Gasteiger partial charge in [0.15, 0.2) is 0 Å². The van der Waals surface area contributed by atoms with Gasteiger partial charge in [-0.1, -0.05) is 48.8 Å². The third-order valence-corrected chi connectivity index (χ3v) is 5.44. The fraction of sp³-hybridized carbons (Fsp3) is 0.375. The van der Waals surface area contributed by atoms with Gasteiger partial charge in [-0.05, 0) is 41.7 Å². The van der Waals surface area contributed by atoms with Gasteiger partial charge in [-0.15, -0.1) is 11.3 Å². The van der Waals surface area contributed by atoms with Crippen LogP contribution in [0.5, 0.6) is 0 Å². The summed E-state index contributed by atoms with van der Waals surface area (Å²) >= 11 is 5.43. The van der Waals surface area contributed by atoms with Gasteiger partial charge < -0.3 is 5.73 Å². The molecule has 0 fully saturated rings. The normalized spacial score (nSPS) is 13.6. The van der Waals surface area contributed by atoms with Gasteiger partial charge in [0.1, 0.15) is 0 Å². The van der Waals surface area contributed by atoms with E-state index in [0.29, 0.717) is 0 Å². The summed E-state index contributed by atoms with van der Waals surface area (Å²) in [5.74, 6) is 0. The SMILES string of the molecule is Cc1ccc(C(N)c2ccc(C(C)(C)C)s2)c(Br)c1. The molecule has 1 atom stereocenters. The predicted octanol–water partition coefficient (Wildman–Crippen LogP) is 5.16. The van der Waals surface area contributed by atoms with Crippen molar-refractivity contribution in [1.29, 1.82) is 0 Å². The highest BCUT2D eigenvalue weighted by Crippen LogP contribution is 2.35. The third kappa shape index (κ3) is 3.28. The van der Waals surface area contributed by atoms with E-state index in [1.165, 1.54) is 15.3 Å². The molecule has 0 aliphatic rings. The summed E-state index contributed by atoms with van der Waals surface area (Å²) in [5, 5.41) is 0. The summed E-state index contributed by atoms with van der Waals surface area (Å²) in [5.41, 5.74) is 8.98. The molecule has 0 radical (unpaired) electrons. The average Bonchev–Trinajstić information content (AvgIpc) is 2.76. The molecule has 3 heteroatoms. The minimum absolute atomic E-state index is 0.0592. The van der Waals surface area contributed by atoms with Crippen molar-refractivity contribution >= 4 is 27.3 Å². The van der Waals surface area contributed by atoms with Gasteiger partial charge in [-0.2, -0.15) is 0 Å². The Bertz CT molecular complexity index is 581. The lowest BCUT2D eigenvalue weighted by Crippen LogP contribution is -2.11. The molecule has 1 heterocycles. The number of halogens is 1. The van der Waals surface area contributed by atoms with Crippen molar-refractivity contribution in [2.24, 2.45) is 5.73 Å². The fourth-order valence-corrected chi connectivity index (χ4v) is 3.79. The number of thiophene rings is 1. The number of nitrogens with two attached hydrogens (primary N) is 1. The second kappa shape index (κ2) is 5.39. The maximum Gasteiger partial charge on any atom is 0.0657 e. The fourth-order valence-electron chi connectivity index (χ4n) is 1.96. The van der Waals surface area contributed by atoms with Crippen molar-refractivity contribution in [2.75, 3.05) is 0 Å². The zero-order valence-electron chi connectivity index (χ0n) is 11.8. The van der Waals surface area contributed by atoms with E-state index in [0.717, 1.165) is 10.0 Å². The van der Waals surface area contributed by atoms with Crippen LogP contribution >= 0.6 is 27.3 Å². The van der Waals surface area contributed by atoms with E-state index in [-0.39, 0.29) is 11.5 Å². The monoisotopic (exact) mass is 337 g/mol. The smallest absolute Gasteiger partial charge is 0.0657 e. The summed E-state index contributed by atoms with van der Waals surface area (Å²) in [7, 11) is 0. The maximum atomic E-state index is 6.40. The third-order valence-electron chi connectivity index (χ3n) is 3.16. The van der Waals surface area contributed by atoms with Crippen LogP contribution in [-0.4, -0.2) is 0 Å². The molecule has 2 aromatic rings. The van der Waals surface area contributed by atoms with Gasteiger partial charge in [0.05, 0.1) is 6.04 Å². The number of aryl methyl sites for hydroxylation is 1. The molecule has 0 amide bonds. The van der Waals surface area contributed by atoms with Crippen LogP contribution in [0.15, 0.2) is 34.8 Å². The van der Waals surface area contributed by atoms with Gasteiger partial charge in [-0.3, -0.25) is 0 Å². The molecule has 1 aromatic heterocycles. The van der Waals surface area contributed by atoms with E-state index in [4.69, 9.17) is 5.73 Å². The summed E-state index contributed by atoms with van der Waals surface area (Å²) in [6.45, 7) is 8.78. The molecule has 1 nitrogen and oxygen atoms in total. The van der Waals surface area contributed by atoms with Gasteiger partial charge in [0.2, 0.25) is 0 Å². The standard InChI is InChI=1S/C16H20BrNS/c1-10-5-6-11(12(17)9-10)15(18)13-7-8-14(19-13)16(2,3)4/h5-9,15H,18H2,1-4H3. The van der Waals surface area contributed by atoms with Crippen molar-refractivity contribution in [3.05, 3.63) is 55.7 Å². The van der Waals surface area contributed by atoms with Crippen molar-refractivity contribution in [3.8, 4) is 0 Å². The number of rotatable bonds is 2. The van der Waals surface area contributed by atoms with Crippen molar-refractivity contribution in [1.82, 2.24) is 0 Å². The van der Waals surface area contributed by atoms with Crippen LogP contribution in [0.2, 0.25) is 0 Å². The molecule has 1 aromatic carbocycles. The summed E-state index contributed by atoms with van der Waals surface area (Å²) in [6, 6.07) is 10.6. The van der Waals surface area contributed by atoms with E-state index < -0.39 is 0 Å². The lowest BCUT2D eigenvalue weighted by molar-refractivity contribution is 0.604. The topological polar surface area (TPSA) is 26.0 Å². The minimum Gasteiger partial charge on any atom is -0.320 e. The van der Waals surface area contributed by atoms with Crippen LogP contribution in [0.1, 0.15) is 47.7 Å². The van der Waals surface area contributed by atoms with Crippen LogP contribution in [-0.2, 0) is 5.41 Å². The molecule has 2 N–H and O–H groups in total. The molecule has 0 spiro atoms. The molecule has 102 valence electrons. The van der Waals surface area contributed by atoms with E-state index in [2.05, 4.69) is 74.0 Å². The van der Waals surface area contributed by atoms with Crippen molar-refractivity contribution in [3.63, 3.8) is 0 Å². The highest BCUT2D eigenvalue weighted by Gasteiger charge is 2.19. The van der Waals surface area contributed by atoms with E-state index in [1.54, 1.807) is 0 Å². The van der Waals surface area contributed by atoms with Gasteiger partial charge in [0.25, 0.3) is 0 Å². The zero-order chi connectivity index (χ0) is 14.2. The van der Waals surface area contributed by atoms with Crippen LogP contribution in [0.4, 0.5) is 0 Å². The van der Waals surface area contributed by atoms with E-state index >= 15 is 0 Å². The summed E-state index contributed by atoms with van der Waals surface area (Å²) in [4.78, 5) is 2.59. The van der Waals surface area contributed by atoms with Crippen LogP contribution < -0.4 is 5.73 Å². The Morgan fingerprint density at radius 1 is 1.16 bits per heavy atom. The minimum atomic E-state index is -0.0592. The Labute approximate surface area is 128 Å². The first-order valence-corrected chi connectivity index (χ1v) is 8.02. The quantitative estimate of drug-likeness (QED) is 0.804. The Balaban J connectivity index is 2.34. The number of benzene rings is 1. The Morgan fingerprint density at radius 2 is 1.84 bits per heavy atom. The molecule has 0 aliphatic carbocycles. The van der Waals surface area contributed by atoms with Crippen molar-refractivity contribution < 1.29 is 0 Å². The van der Waals surface area contributed by atoms with E-state index in [9.17, 15) is 0 Å². The summed E-state index contributed by atoms with van der Waals surface area (Å²) in [6.07, 6.45) is 0. The van der Waals surface area contributed by atoms with Crippen LogP contribution in [0, 0.1) is 6.92 Å². The lowest BCUT2D eigenvalue weighted by Gasteiger charge is -2.16. The number of hydrogen-bond acceptors (Lipinski definition) is 2. The predicted molar refractivity (Wildman–Crippen MR) is 87.9 cm³/mol. The Hall–Kier alpha value is -0.640. The highest BCUT2D eigenvalue weighted by molar-refractivity contribution is 9.10. The molecule has 0 saturated carbocycles. The lowest BCUT2D eigenvalue weighted by atomic mass is 9.95. The van der Waals surface area contributed by atoms with Crippen molar-refractivity contribution in [2.45, 2.75) is 39.2 Å².